The molecule has 138 valence electrons. The van der Waals surface area contributed by atoms with Gasteiger partial charge in [0, 0.05) is 33.2 Å². The van der Waals surface area contributed by atoms with Crippen LogP contribution < -0.4 is 16.0 Å². The van der Waals surface area contributed by atoms with Gasteiger partial charge in [-0.05, 0) is 37.5 Å². The van der Waals surface area contributed by atoms with E-state index in [0.29, 0.717) is 19.0 Å². The Bertz CT molecular complexity index is 769. The second-order valence-electron chi connectivity index (χ2n) is 8.60. The number of rotatable bonds is 4. The van der Waals surface area contributed by atoms with Crippen molar-refractivity contribution < 1.29 is 0 Å². The largest absolute Gasteiger partial charge is 0.336 e. The predicted octanol–water partition coefficient (Wildman–Crippen LogP) is 0.755. The Hall–Kier alpha value is -1.63. The smallest absolute Gasteiger partial charge is 0.332 e. The number of aromatic nitrogens is 3. The van der Waals surface area contributed by atoms with Gasteiger partial charge in [-0.1, -0.05) is 13.8 Å². The van der Waals surface area contributed by atoms with Crippen LogP contribution in [0.2, 0.25) is 0 Å². The summed E-state index contributed by atoms with van der Waals surface area (Å²) in [6, 6.07) is 0. The van der Waals surface area contributed by atoms with E-state index in [0.717, 1.165) is 31.8 Å². The van der Waals surface area contributed by atoms with Crippen molar-refractivity contribution in [2.75, 3.05) is 31.6 Å². The van der Waals surface area contributed by atoms with E-state index in [4.69, 9.17) is 0 Å². The SMILES string of the molecule is CC(C)Cn1nc2n(c(=O)c1=O)CC1(CCN(CC3CC3)CC1)N2C. The molecule has 1 spiro atoms. The molecule has 0 unspecified atom stereocenters. The van der Waals surface area contributed by atoms with Gasteiger partial charge >= 0.3 is 11.1 Å². The second-order valence-corrected chi connectivity index (χ2v) is 8.60. The molecule has 0 atom stereocenters. The van der Waals surface area contributed by atoms with Crippen LogP contribution in [0.3, 0.4) is 0 Å². The molecule has 0 N–H and O–H groups in total. The van der Waals surface area contributed by atoms with Gasteiger partial charge < -0.3 is 9.80 Å². The van der Waals surface area contributed by atoms with E-state index in [1.165, 1.54) is 24.1 Å². The van der Waals surface area contributed by atoms with Gasteiger partial charge in [0.25, 0.3) is 0 Å². The lowest BCUT2D eigenvalue weighted by molar-refractivity contribution is 0.151. The minimum absolute atomic E-state index is 0.0668. The Labute approximate surface area is 148 Å². The van der Waals surface area contributed by atoms with E-state index in [-0.39, 0.29) is 11.5 Å². The molecule has 0 amide bonds. The summed E-state index contributed by atoms with van der Waals surface area (Å²) in [5.74, 6) is 1.84. The molecule has 1 saturated heterocycles. The van der Waals surface area contributed by atoms with Gasteiger partial charge in [0.05, 0.1) is 12.1 Å². The summed E-state index contributed by atoms with van der Waals surface area (Å²) in [5, 5.41) is 4.54. The van der Waals surface area contributed by atoms with Gasteiger partial charge in [0.2, 0.25) is 5.95 Å². The Morgan fingerprint density at radius 3 is 2.44 bits per heavy atom. The Kier molecular flexibility index (Phi) is 4.02. The highest BCUT2D eigenvalue weighted by Crippen LogP contribution is 2.38. The van der Waals surface area contributed by atoms with Gasteiger partial charge in [-0.3, -0.25) is 14.2 Å². The first-order chi connectivity index (χ1) is 11.9. The summed E-state index contributed by atoms with van der Waals surface area (Å²) in [5.41, 5.74) is -0.980. The summed E-state index contributed by atoms with van der Waals surface area (Å²) < 4.78 is 2.96. The van der Waals surface area contributed by atoms with Crippen LogP contribution in [0.5, 0.6) is 0 Å². The van der Waals surface area contributed by atoms with Crippen LogP contribution in [0.4, 0.5) is 5.95 Å². The van der Waals surface area contributed by atoms with Crippen LogP contribution in [0.25, 0.3) is 0 Å². The summed E-state index contributed by atoms with van der Waals surface area (Å²) in [6.45, 7) is 8.50. The average molecular weight is 347 g/mol. The molecule has 2 aliphatic heterocycles. The quantitative estimate of drug-likeness (QED) is 0.753. The van der Waals surface area contributed by atoms with Crippen LogP contribution in [0.1, 0.15) is 39.5 Å². The molecule has 0 aromatic carbocycles. The number of anilines is 1. The molecule has 1 saturated carbocycles. The van der Waals surface area contributed by atoms with Crippen LogP contribution in [-0.4, -0.2) is 51.5 Å². The molecule has 0 radical (unpaired) electrons. The minimum atomic E-state index is -0.492. The first-order valence-electron chi connectivity index (χ1n) is 9.58. The van der Waals surface area contributed by atoms with E-state index < -0.39 is 11.1 Å². The molecule has 1 aliphatic carbocycles. The lowest BCUT2D eigenvalue weighted by Crippen LogP contribution is -2.53. The zero-order valence-corrected chi connectivity index (χ0v) is 15.6. The maximum Gasteiger partial charge on any atom is 0.332 e. The zero-order chi connectivity index (χ0) is 17.8. The Morgan fingerprint density at radius 2 is 1.84 bits per heavy atom. The molecule has 3 aliphatic rings. The first kappa shape index (κ1) is 16.8. The molecule has 3 heterocycles. The van der Waals surface area contributed by atoms with Gasteiger partial charge in [0.15, 0.2) is 0 Å². The number of nitrogens with zero attached hydrogens (tertiary/aromatic N) is 5. The fraction of sp³-hybridized carbons (Fsp3) is 0.833. The third-order valence-electron chi connectivity index (χ3n) is 6.12. The third-order valence-corrected chi connectivity index (χ3v) is 6.12. The number of hydrogen-bond donors (Lipinski definition) is 0. The maximum atomic E-state index is 12.6. The predicted molar refractivity (Wildman–Crippen MR) is 97.1 cm³/mol. The Morgan fingerprint density at radius 1 is 1.16 bits per heavy atom. The number of likely N-dealkylation sites (tertiary alicyclic amines) is 1. The van der Waals surface area contributed by atoms with E-state index in [2.05, 4.69) is 14.9 Å². The van der Waals surface area contributed by atoms with Crippen molar-refractivity contribution in [1.29, 1.82) is 0 Å². The van der Waals surface area contributed by atoms with Crippen molar-refractivity contribution in [1.82, 2.24) is 19.2 Å². The van der Waals surface area contributed by atoms with Crippen molar-refractivity contribution >= 4 is 5.95 Å². The molecule has 1 aromatic rings. The van der Waals surface area contributed by atoms with E-state index in [9.17, 15) is 9.59 Å². The highest BCUT2D eigenvalue weighted by molar-refractivity contribution is 5.39. The summed E-state index contributed by atoms with van der Waals surface area (Å²) in [4.78, 5) is 29.7. The minimum Gasteiger partial charge on any atom is -0.336 e. The second kappa shape index (κ2) is 5.97. The molecule has 2 fully saturated rings. The van der Waals surface area contributed by atoms with Gasteiger partial charge in [-0.15, -0.1) is 5.10 Å². The average Bonchev–Trinajstić information content (AvgIpc) is 3.35. The molecule has 7 heteroatoms. The zero-order valence-electron chi connectivity index (χ0n) is 15.6. The van der Waals surface area contributed by atoms with Crippen molar-refractivity contribution in [3.8, 4) is 0 Å². The topological polar surface area (TPSA) is 63.4 Å². The lowest BCUT2D eigenvalue weighted by atomic mass is 9.87. The highest BCUT2D eigenvalue weighted by Gasteiger charge is 2.46. The molecular formula is C18H29N5O2. The van der Waals surface area contributed by atoms with E-state index >= 15 is 0 Å². The monoisotopic (exact) mass is 347 g/mol. The number of fused-ring (bicyclic) bond motifs is 1. The summed E-state index contributed by atoms with van der Waals surface area (Å²) >= 11 is 0. The number of likely N-dealkylation sites (N-methyl/N-ethyl adjacent to an activating group) is 1. The lowest BCUT2D eigenvalue weighted by Gasteiger charge is -2.43. The maximum absolute atomic E-state index is 12.6. The van der Waals surface area contributed by atoms with Crippen molar-refractivity contribution in [3.05, 3.63) is 20.7 Å². The van der Waals surface area contributed by atoms with E-state index in [1.54, 1.807) is 4.57 Å². The third kappa shape index (κ3) is 2.92. The van der Waals surface area contributed by atoms with Crippen LogP contribution in [0, 0.1) is 11.8 Å². The van der Waals surface area contributed by atoms with Gasteiger partial charge in [-0.2, -0.15) is 0 Å². The Balaban J connectivity index is 1.58. The van der Waals surface area contributed by atoms with Gasteiger partial charge in [-0.25, -0.2) is 4.68 Å². The molecular weight excluding hydrogens is 318 g/mol. The van der Waals surface area contributed by atoms with Crippen LogP contribution in [0.15, 0.2) is 9.59 Å². The highest BCUT2D eigenvalue weighted by atomic mass is 16.2. The van der Waals surface area contributed by atoms with Crippen LogP contribution in [-0.2, 0) is 13.1 Å². The normalized spacial score (nSPS) is 22.8. The number of piperidine rings is 1. The van der Waals surface area contributed by atoms with Crippen molar-refractivity contribution in [2.45, 2.75) is 58.2 Å². The molecule has 0 bridgehead atoms. The standard InChI is InChI=1S/C18H29N5O2/c1-13(2)10-23-16(25)15(24)22-12-18(20(3)17(22)19-23)6-8-21(9-7-18)11-14-4-5-14/h13-14H,4-12H2,1-3H3. The molecule has 4 rings (SSSR count). The molecule has 7 nitrogen and oxygen atoms in total. The van der Waals surface area contributed by atoms with Crippen molar-refractivity contribution in [3.63, 3.8) is 0 Å². The number of hydrogen-bond acceptors (Lipinski definition) is 5. The van der Waals surface area contributed by atoms with Crippen LogP contribution >= 0.6 is 0 Å². The van der Waals surface area contributed by atoms with Gasteiger partial charge in [0.1, 0.15) is 0 Å². The summed E-state index contributed by atoms with van der Waals surface area (Å²) in [7, 11) is 2.03. The molecule has 1 aromatic heterocycles. The summed E-state index contributed by atoms with van der Waals surface area (Å²) in [6.07, 6.45) is 4.82. The molecule has 25 heavy (non-hydrogen) atoms. The fourth-order valence-corrected chi connectivity index (χ4v) is 4.31. The van der Waals surface area contributed by atoms with Crippen molar-refractivity contribution in [2.24, 2.45) is 11.8 Å². The van der Waals surface area contributed by atoms with E-state index in [1.807, 2.05) is 20.9 Å². The first-order valence-corrected chi connectivity index (χ1v) is 9.58. The fourth-order valence-electron chi connectivity index (χ4n) is 4.31.